The minimum Gasteiger partial charge on any atom is -0.289 e. The van der Waals surface area contributed by atoms with Gasteiger partial charge in [0.05, 0.1) is 12.2 Å². The number of hydroxylamine groups is 1. The predicted octanol–water partition coefficient (Wildman–Crippen LogP) is 1.54. The van der Waals surface area contributed by atoms with Gasteiger partial charge < -0.3 is 0 Å². The molecule has 0 aliphatic rings. The molecule has 20 heavy (non-hydrogen) atoms. The van der Waals surface area contributed by atoms with Gasteiger partial charge in [0, 0.05) is 12.6 Å². The summed E-state index contributed by atoms with van der Waals surface area (Å²) in [6.07, 6.45) is 4.61. The van der Waals surface area contributed by atoms with E-state index < -0.39 is 0 Å². The number of hydrogen-bond acceptors (Lipinski definition) is 4. The summed E-state index contributed by atoms with van der Waals surface area (Å²) in [5, 5.41) is 16.6. The van der Waals surface area contributed by atoms with Crippen LogP contribution in [0.3, 0.4) is 0 Å². The van der Waals surface area contributed by atoms with E-state index >= 15 is 0 Å². The highest BCUT2D eigenvalue weighted by atomic mass is 16.5. The molecule has 0 radical (unpaired) electrons. The van der Waals surface area contributed by atoms with Gasteiger partial charge in [0.1, 0.15) is 0 Å². The van der Waals surface area contributed by atoms with Crippen LogP contribution in [0.25, 0.3) is 0 Å². The van der Waals surface area contributed by atoms with Crippen LogP contribution in [-0.2, 0) is 17.8 Å². The summed E-state index contributed by atoms with van der Waals surface area (Å²) in [5.74, 6) is -0.349. The van der Waals surface area contributed by atoms with Gasteiger partial charge in [-0.1, -0.05) is 35.5 Å². The molecule has 0 bridgehead atoms. The molecule has 2 rings (SSSR count). The van der Waals surface area contributed by atoms with E-state index in [0.29, 0.717) is 13.0 Å². The van der Waals surface area contributed by atoms with Crippen molar-refractivity contribution in [3.63, 3.8) is 0 Å². The van der Waals surface area contributed by atoms with Crippen molar-refractivity contribution in [3.8, 4) is 0 Å². The highest BCUT2D eigenvalue weighted by Crippen LogP contribution is 2.05. The van der Waals surface area contributed by atoms with E-state index in [-0.39, 0.29) is 5.91 Å². The van der Waals surface area contributed by atoms with Crippen molar-refractivity contribution >= 4 is 5.91 Å². The van der Waals surface area contributed by atoms with E-state index in [1.807, 2.05) is 29.1 Å². The van der Waals surface area contributed by atoms with Crippen LogP contribution in [-0.4, -0.2) is 26.1 Å². The molecule has 1 amide bonds. The topological polar surface area (TPSA) is 80.0 Å². The maximum absolute atomic E-state index is 10.8. The Labute approximate surface area is 117 Å². The summed E-state index contributed by atoms with van der Waals surface area (Å²) >= 11 is 0. The molecular formula is C14H18N4O2. The number of unbranched alkanes of at least 4 members (excludes halogenated alkanes) is 1. The van der Waals surface area contributed by atoms with E-state index in [0.717, 1.165) is 25.0 Å². The van der Waals surface area contributed by atoms with Crippen LogP contribution in [0.2, 0.25) is 0 Å². The first-order chi connectivity index (χ1) is 9.78. The molecule has 106 valence electrons. The Morgan fingerprint density at radius 1 is 1.25 bits per heavy atom. The average molecular weight is 274 g/mol. The maximum Gasteiger partial charge on any atom is 0.243 e. The van der Waals surface area contributed by atoms with Gasteiger partial charge in [-0.3, -0.25) is 10.0 Å². The van der Waals surface area contributed by atoms with E-state index in [4.69, 9.17) is 5.21 Å². The number of rotatable bonds is 7. The SMILES string of the molecule is O=C(CCCCc1cn(Cc2ccccc2)nn1)NO. The van der Waals surface area contributed by atoms with Gasteiger partial charge in [0.15, 0.2) is 0 Å². The molecule has 0 saturated heterocycles. The number of carbonyl (C=O) groups excluding carboxylic acids is 1. The van der Waals surface area contributed by atoms with Crippen LogP contribution in [0.1, 0.15) is 30.5 Å². The molecule has 1 heterocycles. The Balaban J connectivity index is 1.76. The Hall–Kier alpha value is -2.21. The number of nitrogens with zero attached hydrogens (tertiary/aromatic N) is 3. The average Bonchev–Trinajstić information content (AvgIpc) is 2.92. The van der Waals surface area contributed by atoms with E-state index in [9.17, 15) is 4.79 Å². The lowest BCUT2D eigenvalue weighted by atomic mass is 10.1. The Kier molecular flexibility index (Phi) is 5.25. The Bertz CT molecular complexity index is 539. The molecule has 0 saturated carbocycles. The van der Waals surface area contributed by atoms with Gasteiger partial charge in [-0.05, 0) is 24.8 Å². The van der Waals surface area contributed by atoms with Crippen LogP contribution < -0.4 is 5.48 Å². The van der Waals surface area contributed by atoms with Crippen molar-refractivity contribution in [2.45, 2.75) is 32.2 Å². The van der Waals surface area contributed by atoms with Crippen molar-refractivity contribution in [2.75, 3.05) is 0 Å². The highest BCUT2D eigenvalue weighted by Gasteiger charge is 2.03. The molecule has 0 atom stereocenters. The fourth-order valence-electron chi connectivity index (χ4n) is 1.95. The number of benzene rings is 1. The zero-order valence-corrected chi connectivity index (χ0v) is 11.2. The van der Waals surface area contributed by atoms with Crippen molar-refractivity contribution in [1.29, 1.82) is 0 Å². The quantitative estimate of drug-likeness (QED) is 0.456. The normalized spacial score (nSPS) is 10.4. The largest absolute Gasteiger partial charge is 0.289 e. The smallest absolute Gasteiger partial charge is 0.243 e. The van der Waals surface area contributed by atoms with Crippen LogP contribution in [0, 0.1) is 0 Å². The minimum atomic E-state index is -0.349. The van der Waals surface area contributed by atoms with Gasteiger partial charge in [-0.25, -0.2) is 10.2 Å². The fourth-order valence-corrected chi connectivity index (χ4v) is 1.95. The fraction of sp³-hybridized carbons (Fsp3) is 0.357. The lowest BCUT2D eigenvalue weighted by Crippen LogP contribution is -2.17. The van der Waals surface area contributed by atoms with E-state index in [1.165, 1.54) is 5.56 Å². The molecule has 0 spiro atoms. The van der Waals surface area contributed by atoms with Crippen molar-refractivity contribution in [3.05, 3.63) is 47.8 Å². The van der Waals surface area contributed by atoms with Crippen molar-refractivity contribution in [1.82, 2.24) is 20.5 Å². The number of carbonyl (C=O) groups is 1. The monoisotopic (exact) mass is 274 g/mol. The van der Waals surface area contributed by atoms with Crippen molar-refractivity contribution in [2.24, 2.45) is 0 Å². The number of aryl methyl sites for hydroxylation is 1. The molecule has 1 aromatic heterocycles. The molecule has 2 aromatic rings. The van der Waals surface area contributed by atoms with Crippen LogP contribution in [0.15, 0.2) is 36.5 Å². The molecule has 6 nitrogen and oxygen atoms in total. The van der Waals surface area contributed by atoms with Crippen molar-refractivity contribution < 1.29 is 10.0 Å². The van der Waals surface area contributed by atoms with Gasteiger partial charge in [0.25, 0.3) is 0 Å². The molecule has 6 heteroatoms. The first-order valence-electron chi connectivity index (χ1n) is 6.64. The Morgan fingerprint density at radius 2 is 2.05 bits per heavy atom. The summed E-state index contributed by atoms with van der Waals surface area (Å²) in [6.45, 7) is 0.709. The maximum atomic E-state index is 10.8. The number of hydrogen-bond donors (Lipinski definition) is 2. The zero-order chi connectivity index (χ0) is 14.2. The molecule has 0 fully saturated rings. The number of aromatic nitrogens is 3. The molecule has 1 aromatic carbocycles. The summed E-state index contributed by atoms with van der Waals surface area (Å²) < 4.78 is 1.81. The molecule has 0 aliphatic heterocycles. The second kappa shape index (κ2) is 7.40. The minimum absolute atomic E-state index is 0.328. The van der Waals surface area contributed by atoms with Crippen LogP contribution in [0.5, 0.6) is 0 Å². The number of amides is 1. The summed E-state index contributed by atoms with van der Waals surface area (Å²) in [4.78, 5) is 10.8. The summed E-state index contributed by atoms with van der Waals surface area (Å²) in [5.41, 5.74) is 3.73. The molecular weight excluding hydrogens is 256 g/mol. The summed E-state index contributed by atoms with van der Waals surface area (Å²) in [6, 6.07) is 10.1. The predicted molar refractivity (Wildman–Crippen MR) is 73.1 cm³/mol. The number of nitrogens with one attached hydrogen (secondary N) is 1. The summed E-state index contributed by atoms with van der Waals surface area (Å²) in [7, 11) is 0. The van der Waals surface area contributed by atoms with Gasteiger partial charge in [-0.15, -0.1) is 5.10 Å². The van der Waals surface area contributed by atoms with Gasteiger partial charge in [-0.2, -0.15) is 0 Å². The third-order valence-corrected chi connectivity index (χ3v) is 2.98. The zero-order valence-electron chi connectivity index (χ0n) is 11.2. The third-order valence-electron chi connectivity index (χ3n) is 2.98. The van der Waals surface area contributed by atoms with E-state index in [2.05, 4.69) is 22.4 Å². The first-order valence-corrected chi connectivity index (χ1v) is 6.64. The van der Waals surface area contributed by atoms with Crippen LogP contribution in [0.4, 0.5) is 0 Å². The highest BCUT2D eigenvalue weighted by molar-refractivity contribution is 5.74. The first kappa shape index (κ1) is 14.2. The lowest BCUT2D eigenvalue weighted by molar-refractivity contribution is -0.129. The second-order valence-corrected chi connectivity index (χ2v) is 4.64. The molecule has 0 aliphatic carbocycles. The van der Waals surface area contributed by atoms with Crippen LogP contribution >= 0.6 is 0 Å². The lowest BCUT2D eigenvalue weighted by Gasteiger charge is -1.99. The Morgan fingerprint density at radius 3 is 2.80 bits per heavy atom. The van der Waals surface area contributed by atoms with E-state index in [1.54, 1.807) is 5.48 Å². The second-order valence-electron chi connectivity index (χ2n) is 4.64. The third kappa shape index (κ3) is 4.47. The van der Waals surface area contributed by atoms with Gasteiger partial charge >= 0.3 is 0 Å². The molecule has 2 N–H and O–H groups in total. The molecule has 0 unspecified atom stereocenters. The van der Waals surface area contributed by atoms with Gasteiger partial charge in [0.2, 0.25) is 5.91 Å². The standard InChI is InChI=1S/C14H18N4O2/c19-14(16-20)9-5-4-8-13-11-18(17-15-13)10-12-6-2-1-3-7-12/h1-3,6-7,11,20H,4-5,8-10H2,(H,16,19).